The number of ether oxygens (including phenoxy) is 1. The number of likely N-dealkylation sites (tertiary alicyclic amines) is 1. The van der Waals surface area contributed by atoms with Crippen LogP contribution in [0.25, 0.3) is 0 Å². The molecule has 24 heavy (non-hydrogen) atoms. The lowest BCUT2D eigenvalue weighted by Crippen LogP contribution is -2.46. The molecule has 1 unspecified atom stereocenters. The number of rotatable bonds is 4. The Bertz CT molecular complexity index is 755. The number of fused-ring (bicyclic) bond motifs is 1. The monoisotopic (exact) mass is 329 g/mol. The maximum Gasteiger partial charge on any atom is 0.130 e. The standard InChI is InChI=1S/C20H21F2NO/c1-13-10-23(11-13)20-7-2-14-9-17(4-5-18(14)20)24-12-15-8-16(21)3-6-19(15)22/h3-6,8-9,13,20H,2,7,10-12H2,1H3. The molecule has 0 spiro atoms. The molecule has 0 aromatic heterocycles. The van der Waals surface area contributed by atoms with Crippen LogP contribution >= 0.6 is 0 Å². The summed E-state index contributed by atoms with van der Waals surface area (Å²) in [6, 6.07) is 10.1. The van der Waals surface area contributed by atoms with E-state index < -0.39 is 11.6 Å². The van der Waals surface area contributed by atoms with Crippen LogP contribution in [-0.4, -0.2) is 18.0 Å². The van der Waals surface area contributed by atoms with Gasteiger partial charge < -0.3 is 4.74 Å². The van der Waals surface area contributed by atoms with Crippen LogP contribution in [0.15, 0.2) is 36.4 Å². The Hall–Kier alpha value is -1.94. The number of nitrogens with zero attached hydrogens (tertiary/aromatic N) is 1. The molecule has 2 aromatic rings. The van der Waals surface area contributed by atoms with E-state index in [1.54, 1.807) is 0 Å². The van der Waals surface area contributed by atoms with E-state index in [2.05, 4.69) is 24.0 Å². The van der Waals surface area contributed by atoms with Gasteiger partial charge in [0.15, 0.2) is 0 Å². The zero-order valence-corrected chi connectivity index (χ0v) is 13.8. The first-order chi connectivity index (χ1) is 11.6. The van der Waals surface area contributed by atoms with Crippen molar-refractivity contribution in [2.24, 2.45) is 5.92 Å². The molecule has 1 atom stereocenters. The van der Waals surface area contributed by atoms with E-state index >= 15 is 0 Å². The van der Waals surface area contributed by atoms with Gasteiger partial charge in [-0.2, -0.15) is 0 Å². The van der Waals surface area contributed by atoms with Gasteiger partial charge in [0.25, 0.3) is 0 Å². The summed E-state index contributed by atoms with van der Waals surface area (Å²) in [4.78, 5) is 2.54. The molecule has 0 N–H and O–H groups in total. The minimum atomic E-state index is -0.449. The minimum absolute atomic E-state index is 0.0372. The number of hydrogen-bond acceptors (Lipinski definition) is 2. The minimum Gasteiger partial charge on any atom is -0.489 e. The first-order valence-corrected chi connectivity index (χ1v) is 8.54. The van der Waals surface area contributed by atoms with Crippen LogP contribution in [0.1, 0.15) is 36.1 Å². The highest BCUT2D eigenvalue weighted by Gasteiger charge is 2.34. The fraction of sp³-hybridized carbons (Fsp3) is 0.400. The Morgan fingerprint density at radius 2 is 1.96 bits per heavy atom. The van der Waals surface area contributed by atoms with Crippen LogP contribution in [0.3, 0.4) is 0 Å². The summed E-state index contributed by atoms with van der Waals surface area (Å²) in [7, 11) is 0. The second-order valence-corrected chi connectivity index (χ2v) is 7.00. The van der Waals surface area contributed by atoms with E-state index in [-0.39, 0.29) is 12.2 Å². The van der Waals surface area contributed by atoms with E-state index in [1.165, 1.54) is 30.3 Å². The molecule has 0 amide bonds. The fourth-order valence-electron chi connectivity index (χ4n) is 3.86. The molecule has 1 heterocycles. The Labute approximate surface area is 141 Å². The molecule has 0 bridgehead atoms. The van der Waals surface area contributed by atoms with Gasteiger partial charge in [0.05, 0.1) is 0 Å². The van der Waals surface area contributed by atoms with Crippen molar-refractivity contribution < 1.29 is 13.5 Å². The van der Waals surface area contributed by atoms with E-state index in [0.717, 1.165) is 36.6 Å². The molecule has 2 nitrogen and oxygen atoms in total. The molecule has 0 saturated carbocycles. The molecule has 2 aromatic carbocycles. The van der Waals surface area contributed by atoms with E-state index in [4.69, 9.17) is 4.74 Å². The topological polar surface area (TPSA) is 12.5 Å². The third-order valence-electron chi connectivity index (χ3n) is 5.10. The molecular weight excluding hydrogens is 308 g/mol. The van der Waals surface area contributed by atoms with Gasteiger partial charge >= 0.3 is 0 Å². The van der Waals surface area contributed by atoms with Crippen LogP contribution in [0.2, 0.25) is 0 Å². The van der Waals surface area contributed by atoms with Gasteiger partial charge in [0.2, 0.25) is 0 Å². The number of aryl methyl sites for hydroxylation is 1. The normalized spacial score (nSPS) is 20.7. The molecule has 4 heteroatoms. The van der Waals surface area contributed by atoms with Gasteiger partial charge in [-0.25, -0.2) is 8.78 Å². The number of halogens is 2. The third kappa shape index (κ3) is 2.91. The first kappa shape index (κ1) is 15.6. The largest absolute Gasteiger partial charge is 0.489 e. The smallest absolute Gasteiger partial charge is 0.130 e. The van der Waals surface area contributed by atoms with Gasteiger partial charge in [0, 0.05) is 24.7 Å². The summed E-state index contributed by atoms with van der Waals surface area (Å²) in [5.74, 6) is 0.632. The molecular formula is C20H21F2NO. The average molecular weight is 329 g/mol. The van der Waals surface area contributed by atoms with Crippen molar-refractivity contribution in [1.29, 1.82) is 0 Å². The molecule has 1 aliphatic heterocycles. The highest BCUT2D eigenvalue weighted by molar-refractivity contribution is 5.41. The van der Waals surface area contributed by atoms with E-state index in [9.17, 15) is 8.78 Å². The predicted molar refractivity (Wildman–Crippen MR) is 88.9 cm³/mol. The lowest BCUT2D eigenvalue weighted by atomic mass is 9.97. The quantitative estimate of drug-likeness (QED) is 0.820. The lowest BCUT2D eigenvalue weighted by molar-refractivity contribution is 0.0624. The summed E-state index contributed by atoms with van der Waals surface area (Å²) in [5, 5.41) is 0. The zero-order chi connectivity index (χ0) is 16.7. The Kier molecular flexibility index (Phi) is 4.01. The predicted octanol–water partition coefficient (Wildman–Crippen LogP) is 4.48. The molecule has 0 radical (unpaired) electrons. The maximum atomic E-state index is 13.7. The van der Waals surface area contributed by atoms with Crippen molar-refractivity contribution >= 4 is 0 Å². The molecule has 1 aliphatic carbocycles. The molecule has 4 rings (SSSR count). The Morgan fingerprint density at radius 3 is 2.75 bits per heavy atom. The second-order valence-electron chi connectivity index (χ2n) is 7.00. The van der Waals surface area contributed by atoms with Gasteiger partial charge in [-0.05, 0) is 60.2 Å². The van der Waals surface area contributed by atoms with Crippen molar-refractivity contribution in [3.63, 3.8) is 0 Å². The van der Waals surface area contributed by atoms with Gasteiger partial charge in [-0.3, -0.25) is 4.90 Å². The van der Waals surface area contributed by atoms with Crippen LogP contribution < -0.4 is 4.74 Å². The molecule has 1 saturated heterocycles. The Morgan fingerprint density at radius 1 is 1.12 bits per heavy atom. The summed E-state index contributed by atoms with van der Waals surface area (Å²) in [6.07, 6.45) is 2.21. The third-order valence-corrected chi connectivity index (χ3v) is 5.10. The first-order valence-electron chi connectivity index (χ1n) is 8.54. The average Bonchev–Trinajstić information content (AvgIpc) is 2.95. The summed E-state index contributed by atoms with van der Waals surface area (Å²) < 4.78 is 32.6. The van der Waals surface area contributed by atoms with Crippen molar-refractivity contribution in [2.75, 3.05) is 13.1 Å². The van der Waals surface area contributed by atoms with Crippen molar-refractivity contribution in [1.82, 2.24) is 4.90 Å². The highest BCUT2D eigenvalue weighted by atomic mass is 19.1. The molecule has 2 aliphatic rings. The van der Waals surface area contributed by atoms with Crippen molar-refractivity contribution in [3.8, 4) is 5.75 Å². The Balaban J connectivity index is 1.45. The van der Waals surface area contributed by atoms with Crippen molar-refractivity contribution in [3.05, 3.63) is 64.7 Å². The summed E-state index contributed by atoms with van der Waals surface area (Å²) >= 11 is 0. The maximum absolute atomic E-state index is 13.7. The van der Waals surface area contributed by atoms with Crippen LogP contribution in [0.4, 0.5) is 8.78 Å². The summed E-state index contributed by atoms with van der Waals surface area (Å²) in [6.45, 7) is 4.69. The number of hydrogen-bond donors (Lipinski definition) is 0. The fourth-order valence-corrected chi connectivity index (χ4v) is 3.86. The lowest BCUT2D eigenvalue weighted by Gasteiger charge is -2.42. The molecule has 1 fully saturated rings. The highest BCUT2D eigenvalue weighted by Crippen LogP contribution is 2.40. The molecule has 126 valence electrons. The van der Waals surface area contributed by atoms with Crippen LogP contribution in [-0.2, 0) is 13.0 Å². The van der Waals surface area contributed by atoms with Crippen LogP contribution in [0, 0.1) is 17.6 Å². The van der Waals surface area contributed by atoms with Gasteiger partial charge in [-0.1, -0.05) is 13.0 Å². The zero-order valence-electron chi connectivity index (χ0n) is 13.8. The van der Waals surface area contributed by atoms with E-state index in [1.807, 2.05) is 6.07 Å². The number of benzene rings is 2. The second kappa shape index (κ2) is 6.17. The SMILES string of the molecule is CC1CN(C2CCc3cc(OCc4cc(F)ccc4F)ccc32)C1. The van der Waals surface area contributed by atoms with E-state index in [0.29, 0.717) is 6.04 Å². The van der Waals surface area contributed by atoms with Gasteiger partial charge in [-0.15, -0.1) is 0 Å². The van der Waals surface area contributed by atoms with Crippen LogP contribution in [0.5, 0.6) is 5.75 Å². The summed E-state index contributed by atoms with van der Waals surface area (Å²) in [5.41, 5.74) is 2.95. The van der Waals surface area contributed by atoms with Crippen molar-refractivity contribution in [2.45, 2.75) is 32.4 Å². The van der Waals surface area contributed by atoms with Gasteiger partial charge in [0.1, 0.15) is 24.0 Å².